The van der Waals surface area contributed by atoms with E-state index in [9.17, 15) is 9.59 Å². The van der Waals surface area contributed by atoms with Crippen LogP contribution in [-0.4, -0.2) is 16.9 Å². The Hall–Kier alpha value is -2.06. The first-order chi connectivity index (χ1) is 11.9. The second kappa shape index (κ2) is 7.45. The van der Waals surface area contributed by atoms with Crippen LogP contribution in [-0.2, 0) is 0 Å². The predicted molar refractivity (Wildman–Crippen MR) is 101 cm³/mol. The van der Waals surface area contributed by atoms with Gasteiger partial charge in [-0.2, -0.15) is 0 Å². The third kappa shape index (κ3) is 4.13. The number of nitrogens with zero attached hydrogens (tertiary/aromatic N) is 1. The van der Waals surface area contributed by atoms with Gasteiger partial charge in [-0.05, 0) is 18.2 Å². The molecule has 0 aliphatic carbocycles. The number of anilines is 1. The molecule has 0 aliphatic rings. The van der Waals surface area contributed by atoms with Crippen molar-refractivity contribution in [2.24, 2.45) is 0 Å². The number of thiophene rings is 1. The molecule has 10 heteroatoms. The zero-order valence-electron chi connectivity index (χ0n) is 12.3. The van der Waals surface area contributed by atoms with Crippen LogP contribution >= 0.6 is 46.1 Å². The lowest BCUT2D eigenvalue weighted by Crippen LogP contribution is -2.43. The van der Waals surface area contributed by atoms with Gasteiger partial charge in [-0.15, -0.1) is 11.3 Å². The highest BCUT2D eigenvalue weighted by Gasteiger charge is 2.17. The maximum atomic E-state index is 12.2. The van der Waals surface area contributed by atoms with Gasteiger partial charge < -0.3 is 5.32 Å². The lowest BCUT2D eigenvalue weighted by atomic mass is 10.2. The molecule has 3 aromatic rings. The van der Waals surface area contributed by atoms with E-state index >= 15 is 0 Å². The van der Waals surface area contributed by atoms with Crippen molar-refractivity contribution in [3.63, 3.8) is 0 Å². The smallest absolute Gasteiger partial charge is 0.306 e. The predicted octanol–water partition coefficient (Wildman–Crippen LogP) is 4.72. The number of amides is 3. The highest BCUT2D eigenvalue weighted by Crippen LogP contribution is 2.34. The number of hydrazine groups is 1. The van der Waals surface area contributed by atoms with Gasteiger partial charge in [0.25, 0.3) is 5.91 Å². The summed E-state index contributed by atoms with van der Waals surface area (Å²) in [5.41, 5.74) is 4.86. The van der Waals surface area contributed by atoms with E-state index in [0.717, 1.165) is 10.1 Å². The average Bonchev–Trinajstić information content (AvgIpc) is 2.89. The zero-order valence-corrected chi connectivity index (χ0v) is 15.4. The topological polar surface area (TPSA) is 83.1 Å². The number of hydrogen-bond donors (Lipinski definition) is 3. The van der Waals surface area contributed by atoms with Crippen molar-refractivity contribution >= 4 is 73.9 Å². The van der Waals surface area contributed by atoms with Crippen molar-refractivity contribution in [3.8, 4) is 0 Å². The first-order valence-corrected chi connectivity index (χ1v) is 8.76. The van der Waals surface area contributed by atoms with Crippen molar-refractivity contribution in [1.82, 2.24) is 15.8 Å². The summed E-state index contributed by atoms with van der Waals surface area (Å²) >= 11 is 18.9. The van der Waals surface area contributed by atoms with Crippen molar-refractivity contribution in [3.05, 3.63) is 56.6 Å². The molecule has 0 spiro atoms. The van der Waals surface area contributed by atoms with Crippen LogP contribution in [0.5, 0.6) is 0 Å². The van der Waals surface area contributed by atoms with Gasteiger partial charge in [0.15, 0.2) is 0 Å². The highest BCUT2D eigenvalue weighted by molar-refractivity contribution is 7.21. The van der Waals surface area contributed by atoms with Gasteiger partial charge in [-0.3, -0.25) is 10.2 Å². The van der Waals surface area contributed by atoms with E-state index in [2.05, 4.69) is 21.2 Å². The van der Waals surface area contributed by atoms with Crippen molar-refractivity contribution < 1.29 is 9.59 Å². The summed E-state index contributed by atoms with van der Waals surface area (Å²) in [6, 6.07) is 9.52. The molecule has 6 nitrogen and oxygen atoms in total. The lowest BCUT2D eigenvalue weighted by molar-refractivity contribution is 0.0942. The molecule has 0 aliphatic heterocycles. The van der Waals surface area contributed by atoms with Gasteiger partial charge in [-0.25, -0.2) is 15.2 Å². The van der Waals surface area contributed by atoms with Crippen LogP contribution < -0.4 is 16.2 Å². The van der Waals surface area contributed by atoms with E-state index in [4.69, 9.17) is 34.8 Å². The van der Waals surface area contributed by atoms with Crippen LogP contribution in [0.25, 0.3) is 10.1 Å². The van der Waals surface area contributed by atoms with Gasteiger partial charge in [-0.1, -0.05) is 53.0 Å². The maximum absolute atomic E-state index is 12.2. The summed E-state index contributed by atoms with van der Waals surface area (Å²) in [5, 5.41) is 3.85. The van der Waals surface area contributed by atoms with Crippen LogP contribution in [0.15, 0.2) is 36.4 Å². The largest absolute Gasteiger partial charge is 0.337 e. The molecule has 3 N–H and O–H groups in total. The standard InChI is InChI=1S/C15H9Cl3N4O2S/c16-10-5-7(6-11(17)20-10)19-15(24)22-21-14(23)13-12(18)8-3-1-2-4-9(8)25-13/h1-6H,(H,21,23)(H2,19,20,22,24). The van der Waals surface area contributed by atoms with E-state index in [1.165, 1.54) is 23.5 Å². The first kappa shape index (κ1) is 17.8. The maximum Gasteiger partial charge on any atom is 0.337 e. The Morgan fingerprint density at radius 3 is 2.36 bits per heavy atom. The normalized spacial score (nSPS) is 10.5. The van der Waals surface area contributed by atoms with E-state index in [1.54, 1.807) is 0 Å². The molecule has 0 unspecified atom stereocenters. The molecular formula is C15H9Cl3N4O2S. The molecule has 0 saturated heterocycles. The third-order valence-electron chi connectivity index (χ3n) is 3.05. The van der Waals surface area contributed by atoms with Gasteiger partial charge >= 0.3 is 6.03 Å². The van der Waals surface area contributed by atoms with Gasteiger partial charge in [0.1, 0.15) is 15.2 Å². The summed E-state index contributed by atoms with van der Waals surface area (Å²) in [4.78, 5) is 28.1. The van der Waals surface area contributed by atoms with Gasteiger partial charge in [0.2, 0.25) is 0 Å². The number of halogens is 3. The number of urea groups is 1. The van der Waals surface area contributed by atoms with E-state index in [0.29, 0.717) is 15.6 Å². The van der Waals surface area contributed by atoms with Crippen molar-refractivity contribution in [2.75, 3.05) is 5.32 Å². The number of rotatable bonds is 2. The summed E-state index contributed by atoms with van der Waals surface area (Å²) in [7, 11) is 0. The molecule has 0 saturated carbocycles. The summed E-state index contributed by atoms with van der Waals surface area (Å²) < 4.78 is 0.878. The SMILES string of the molecule is O=C(NNC(=O)c1sc2ccccc2c1Cl)Nc1cc(Cl)nc(Cl)c1. The zero-order chi connectivity index (χ0) is 18.0. The van der Waals surface area contributed by atoms with E-state index < -0.39 is 11.9 Å². The van der Waals surface area contributed by atoms with Crippen LogP contribution in [0.2, 0.25) is 15.3 Å². The first-order valence-electron chi connectivity index (χ1n) is 6.81. The van der Waals surface area contributed by atoms with Crippen LogP contribution in [0.4, 0.5) is 10.5 Å². The number of fused-ring (bicyclic) bond motifs is 1. The molecule has 0 radical (unpaired) electrons. The minimum atomic E-state index is -0.677. The number of aromatic nitrogens is 1. The average molecular weight is 416 g/mol. The summed E-state index contributed by atoms with van der Waals surface area (Å²) in [5.74, 6) is -0.521. The molecule has 0 fully saturated rings. The van der Waals surface area contributed by atoms with Crippen LogP contribution in [0.3, 0.4) is 0 Å². The summed E-state index contributed by atoms with van der Waals surface area (Å²) in [6.45, 7) is 0. The Balaban J connectivity index is 1.65. The third-order valence-corrected chi connectivity index (χ3v) is 5.11. The monoisotopic (exact) mass is 414 g/mol. The van der Waals surface area contributed by atoms with Crippen LogP contribution in [0, 0.1) is 0 Å². The number of hydrogen-bond acceptors (Lipinski definition) is 4. The Morgan fingerprint density at radius 2 is 1.68 bits per heavy atom. The fourth-order valence-corrected chi connectivity index (χ4v) is 3.90. The Kier molecular flexibility index (Phi) is 5.29. The molecule has 3 rings (SSSR count). The Morgan fingerprint density at radius 1 is 1.00 bits per heavy atom. The fourth-order valence-electron chi connectivity index (χ4n) is 2.03. The van der Waals surface area contributed by atoms with Crippen molar-refractivity contribution in [2.45, 2.75) is 0 Å². The Labute approximate surface area is 161 Å². The van der Waals surface area contributed by atoms with Gasteiger partial charge in [0, 0.05) is 15.8 Å². The van der Waals surface area contributed by atoms with E-state index in [-0.39, 0.29) is 10.3 Å². The minimum Gasteiger partial charge on any atom is -0.306 e. The van der Waals surface area contributed by atoms with Crippen molar-refractivity contribution in [1.29, 1.82) is 0 Å². The number of pyridine rings is 1. The molecule has 1 aromatic carbocycles. The fraction of sp³-hybridized carbons (Fsp3) is 0. The lowest BCUT2D eigenvalue weighted by Gasteiger charge is -2.09. The van der Waals surface area contributed by atoms with E-state index in [1.807, 2.05) is 24.3 Å². The number of carbonyl (C=O) groups is 2. The molecule has 25 heavy (non-hydrogen) atoms. The molecule has 2 aromatic heterocycles. The number of nitrogens with one attached hydrogen (secondary N) is 3. The number of carbonyl (C=O) groups excluding carboxylic acids is 2. The quantitative estimate of drug-likeness (QED) is 0.418. The molecule has 0 bridgehead atoms. The van der Waals surface area contributed by atoms with Gasteiger partial charge in [0.05, 0.1) is 5.02 Å². The molecule has 128 valence electrons. The number of benzene rings is 1. The summed E-state index contributed by atoms with van der Waals surface area (Å²) in [6.07, 6.45) is 0. The molecular weight excluding hydrogens is 407 g/mol. The van der Waals surface area contributed by atoms with Crippen LogP contribution in [0.1, 0.15) is 9.67 Å². The second-order valence-electron chi connectivity index (χ2n) is 4.78. The highest BCUT2D eigenvalue weighted by atomic mass is 35.5. The molecule has 2 heterocycles. The molecule has 3 amide bonds. The minimum absolute atomic E-state index is 0.129. The Bertz CT molecular complexity index is 956. The second-order valence-corrected chi connectivity index (χ2v) is 6.98. The molecule has 0 atom stereocenters.